The Kier molecular flexibility index (Phi) is 5.89. The van der Waals surface area contributed by atoms with Gasteiger partial charge in [-0.2, -0.15) is 0 Å². The van der Waals surface area contributed by atoms with E-state index in [1.807, 2.05) is 35.4 Å². The van der Waals surface area contributed by atoms with Crippen LogP contribution in [0.5, 0.6) is 0 Å². The first-order chi connectivity index (χ1) is 9.29. The van der Waals surface area contributed by atoms with Gasteiger partial charge in [0.15, 0.2) is 0 Å². The maximum absolute atomic E-state index is 4.52. The molecule has 1 heterocycles. The van der Waals surface area contributed by atoms with Crippen molar-refractivity contribution in [3.63, 3.8) is 0 Å². The van der Waals surface area contributed by atoms with Crippen LogP contribution in [0, 0.1) is 0 Å². The van der Waals surface area contributed by atoms with Crippen LogP contribution in [-0.2, 0) is 5.75 Å². The van der Waals surface area contributed by atoms with Crippen molar-refractivity contribution >= 4 is 23.1 Å². The highest BCUT2D eigenvalue weighted by Gasteiger charge is 2.09. The summed E-state index contributed by atoms with van der Waals surface area (Å²) in [5.74, 6) is 0.954. The summed E-state index contributed by atoms with van der Waals surface area (Å²) in [6.45, 7) is 5.46. The number of benzene rings is 1. The molecule has 2 aromatic rings. The lowest BCUT2D eigenvalue weighted by atomic mass is 10.3. The SMILES string of the molecule is CCCNC(C)c1cnc(CSc2ccccc2)s1. The molecule has 4 heteroatoms. The molecule has 2 nitrogen and oxygen atoms in total. The summed E-state index contributed by atoms with van der Waals surface area (Å²) in [5.41, 5.74) is 0. The fourth-order valence-corrected chi connectivity index (χ4v) is 3.58. The summed E-state index contributed by atoms with van der Waals surface area (Å²) in [6.07, 6.45) is 3.18. The summed E-state index contributed by atoms with van der Waals surface area (Å²) in [7, 11) is 0. The molecule has 1 unspecified atom stereocenters. The lowest BCUT2D eigenvalue weighted by Crippen LogP contribution is -2.18. The van der Waals surface area contributed by atoms with E-state index in [9.17, 15) is 0 Å². The van der Waals surface area contributed by atoms with Crippen LogP contribution in [0.3, 0.4) is 0 Å². The molecule has 0 spiro atoms. The molecule has 102 valence electrons. The molecule has 1 N–H and O–H groups in total. The van der Waals surface area contributed by atoms with Gasteiger partial charge in [0.25, 0.3) is 0 Å². The lowest BCUT2D eigenvalue weighted by Gasteiger charge is -2.09. The maximum Gasteiger partial charge on any atom is 0.103 e. The van der Waals surface area contributed by atoms with Crippen molar-refractivity contribution in [3.05, 3.63) is 46.4 Å². The number of nitrogens with one attached hydrogen (secondary N) is 1. The van der Waals surface area contributed by atoms with Crippen molar-refractivity contribution < 1.29 is 0 Å². The molecule has 1 aromatic heterocycles. The van der Waals surface area contributed by atoms with E-state index >= 15 is 0 Å². The van der Waals surface area contributed by atoms with Crippen LogP contribution in [0.4, 0.5) is 0 Å². The summed E-state index contributed by atoms with van der Waals surface area (Å²) in [6, 6.07) is 10.9. The van der Waals surface area contributed by atoms with Crippen molar-refractivity contribution in [1.29, 1.82) is 0 Å². The number of rotatable bonds is 7. The molecule has 1 atom stereocenters. The minimum absolute atomic E-state index is 0.410. The predicted molar refractivity (Wildman–Crippen MR) is 84.8 cm³/mol. The Hall–Kier alpha value is -0.840. The van der Waals surface area contributed by atoms with Crippen LogP contribution in [0.15, 0.2) is 41.4 Å². The van der Waals surface area contributed by atoms with E-state index < -0.39 is 0 Å². The van der Waals surface area contributed by atoms with Crippen LogP contribution in [-0.4, -0.2) is 11.5 Å². The van der Waals surface area contributed by atoms with Gasteiger partial charge in [-0.1, -0.05) is 25.1 Å². The van der Waals surface area contributed by atoms with Gasteiger partial charge in [-0.25, -0.2) is 4.98 Å². The minimum Gasteiger partial charge on any atom is -0.309 e. The summed E-state index contributed by atoms with van der Waals surface area (Å²) in [4.78, 5) is 7.15. The third-order valence-electron chi connectivity index (χ3n) is 2.80. The summed E-state index contributed by atoms with van der Waals surface area (Å²) < 4.78 is 0. The van der Waals surface area contributed by atoms with Gasteiger partial charge in [-0.3, -0.25) is 0 Å². The van der Waals surface area contributed by atoms with Gasteiger partial charge in [-0.05, 0) is 32.0 Å². The van der Waals surface area contributed by atoms with Crippen LogP contribution in [0.1, 0.15) is 36.2 Å². The topological polar surface area (TPSA) is 24.9 Å². The molecule has 0 radical (unpaired) electrons. The Bertz CT molecular complexity index is 482. The molecule has 1 aromatic carbocycles. The smallest absolute Gasteiger partial charge is 0.103 e. The van der Waals surface area contributed by atoms with E-state index in [2.05, 4.69) is 48.4 Å². The first-order valence-corrected chi connectivity index (χ1v) is 8.45. The zero-order valence-electron chi connectivity index (χ0n) is 11.4. The zero-order valence-corrected chi connectivity index (χ0v) is 13.1. The van der Waals surface area contributed by atoms with Gasteiger partial charge in [0.05, 0.1) is 5.75 Å². The highest BCUT2D eigenvalue weighted by atomic mass is 32.2. The standard InChI is InChI=1S/C15H20N2S2/c1-3-9-16-12(2)14-10-17-15(19-14)11-18-13-7-5-4-6-8-13/h4-8,10,12,16H,3,9,11H2,1-2H3. The molecule has 0 bridgehead atoms. The largest absolute Gasteiger partial charge is 0.309 e. The molecule has 0 saturated carbocycles. The monoisotopic (exact) mass is 292 g/mol. The van der Waals surface area contributed by atoms with E-state index in [1.54, 1.807) is 0 Å². The molecule has 0 fully saturated rings. The number of thiazole rings is 1. The highest BCUT2D eigenvalue weighted by Crippen LogP contribution is 2.27. The van der Waals surface area contributed by atoms with E-state index in [0.29, 0.717) is 6.04 Å². The van der Waals surface area contributed by atoms with Crippen LogP contribution in [0.2, 0.25) is 0 Å². The van der Waals surface area contributed by atoms with E-state index in [4.69, 9.17) is 0 Å². The van der Waals surface area contributed by atoms with Crippen molar-refractivity contribution in [2.24, 2.45) is 0 Å². The van der Waals surface area contributed by atoms with Crippen molar-refractivity contribution in [2.45, 2.75) is 37.0 Å². The Morgan fingerprint density at radius 3 is 2.84 bits per heavy atom. The molecular weight excluding hydrogens is 272 g/mol. The minimum atomic E-state index is 0.410. The second-order valence-corrected chi connectivity index (χ2v) is 6.63. The average molecular weight is 292 g/mol. The molecule has 0 amide bonds. The second-order valence-electron chi connectivity index (χ2n) is 4.43. The van der Waals surface area contributed by atoms with Crippen LogP contribution in [0.25, 0.3) is 0 Å². The van der Waals surface area contributed by atoms with Gasteiger partial charge in [-0.15, -0.1) is 23.1 Å². The lowest BCUT2D eigenvalue weighted by molar-refractivity contribution is 0.577. The number of thioether (sulfide) groups is 1. The van der Waals surface area contributed by atoms with Crippen molar-refractivity contribution in [3.8, 4) is 0 Å². The van der Waals surface area contributed by atoms with Gasteiger partial charge < -0.3 is 5.32 Å². The third-order valence-corrected chi connectivity index (χ3v) is 5.19. The molecular formula is C15H20N2S2. The quantitative estimate of drug-likeness (QED) is 0.761. The number of hydrogen-bond donors (Lipinski definition) is 1. The van der Waals surface area contributed by atoms with Gasteiger partial charge >= 0.3 is 0 Å². The first-order valence-electron chi connectivity index (χ1n) is 6.65. The fourth-order valence-electron chi connectivity index (χ4n) is 1.71. The third kappa shape index (κ3) is 4.64. The number of hydrogen-bond acceptors (Lipinski definition) is 4. The highest BCUT2D eigenvalue weighted by molar-refractivity contribution is 7.98. The summed E-state index contributed by atoms with van der Waals surface area (Å²) in [5, 5.41) is 4.70. The summed E-state index contributed by atoms with van der Waals surface area (Å²) >= 11 is 3.66. The number of aromatic nitrogens is 1. The maximum atomic E-state index is 4.52. The molecule has 0 aliphatic rings. The van der Waals surface area contributed by atoms with Gasteiger partial charge in [0, 0.05) is 22.0 Å². The first kappa shape index (κ1) is 14.6. The Balaban J connectivity index is 1.87. The van der Waals surface area contributed by atoms with Crippen LogP contribution >= 0.6 is 23.1 Å². The second kappa shape index (κ2) is 7.68. The molecule has 0 aliphatic heterocycles. The Labute approximate surface area is 123 Å². The molecule has 0 aliphatic carbocycles. The number of nitrogens with zero attached hydrogens (tertiary/aromatic N) is 1. The van der Waals surface area contributed by atoms with Gasteiger partial charge in [0.2, 0.25) is 0 Å². The zero-order chi connectivity index (χ0) is 13.5. The Morgan fingerprint density at radius 1 is 1.32 bits per heavy atom. The average Bonchev–Trinajstić information content (AvgIpc) is 2.92. The normalized spacial score (nSPS) is 12.5. The molecule has 19 heavy (non-hydrogen) atoms. The predicted octanol–water partition coefficient (Wildman–Crippen LogP) is 4.50. The van der Waals surface area contributed by atoms with Crippen LogP contribution < -0.4 is 5.32 Å². The molecule has 2 rings (SSSR count). The van der Waals surface area contributed by atoms with E-state index in [0.717, 1.165) is 12.3 Å². The van der Waals surface area contributed by atoms with Gasteiger partial charge in [0.1, 0.15) is 5.01 Å². The van der Waals surface area contributed by atoms with Crippen molar-refractivity contribution in [2.75, 3.05) is 6.54 Å². The van der Waals surface area contributed by atoms with E-state index in [1.165, 1.54) is 21.2 Å². The Morgan fingerprint density at radius 2 is 2.11 bits per heavy atom. The molecule has 0 saturated heterocycles. The fraction of sp³-hybridized carbons (Fsp3) is 0.400. The van der Waals surface area contributed by atoms with Crippen molar-refractivity contribution in [1.82, 2.24) is 10.3 Å². The van der Waals surface area contributed by atoms with E-state index in [-0.39, 0.29) is 0 Å².